The second kappa shape index (κ2) is 8.71. The minimum absolute atomic E-state index is 0.242. The van der Waals surface area contributed by atoms with Crippen molar-refractivity contribution in [1.29, 1.82) is 0 Å². The van der Waals surface area contributed by atoms with Crippen molar-refractivity contribution in [2.24, 2.45) is 5.73 Å². The van der Waals surface area contributed by atoms with Crippen LogP contribution in [0.1, 0.15) is 46.5 Å². The van der Waals surface area contributed by atoms with Crippen molar-refractivity contribution in [2.75, 3.05) is 39.8 Å². The number of carbonyl (C=O) groups excluding carboxylic acids is 1. The van der Waals surface area contributed by atoms with Gasteiger partial charge in [-0.25, -0.2) is 0 Å². The van der Waals surface area contributed by atoms with Gasteiger partial charge in [-0.05, 0) is 72.8 Å². The number of hydrogen-bond donors (Lipinski definition) is 2. The van der Waals surface area contributed by atoms with E-state index in [0.29, 0.717) is 6.04 Å². The molecule has 0 aliphatic carbocycles. The lowest BCUT2D eigenvalue weighted by atomic mass is 9.94. The van der Waals surface area contributed by atoms with Gasteiger partial charge in [0.2, 0.25) is 5.91 Å². The highest BCUT2D eigenvalue weighted by molar-refractivity contribution is 5.84. The van der Waals surface area contributed by atoms with Crippen molar-refractivity contribution in [3.8, 4) is 0 Å². The van der Waals surface area contributed by atoms with E-state index in [2.05, 4.69) is 29.1 Å². The summed E-state index contributed by atoms with van der Waals surface area (Å²) in [6.07, 6.45) is 4.23. The van der Waals surface area contributed by atoms with Gasteiger partial charge in [-0.2, -0.15) is 0 Å². The van der Waals surface area contributed by atoms with E-state index in [1.165, 1.54) is 19.5 Å². The van der Waals surface area contributed by atoms with Gasteiger partial charge >= 0.3 is 0 Å². The molecule has 0 aromatic rings. The first-order valence-corrected chi connectivity index (χ1v) is 8.36. The van der Waals surface area contributed by atoms with Gasteiger partial charge in [0.1, 0.15) is 0 Å². The summed E-state index contributed by atoms with van der Waals surface area (Å²) in [5.74, 6) is -0.242. The molecule has 1 amide bonds. The minimum Gasteiger partial charge on any atom is -0.368 e. The maximum Gasteiger partial charge on any atom is 0.237 e. The van der Waals surface area contributed by atoms with E-state index < -0.39 is 5.54 Å². The molecule has 0 aromatic heterocycles. The van der Waals surface area contributed by atoms with Crippen LogP contribution in [0.3, 0.4) is 0 Å². The van der Waals surface area contributed by atoms with E-state index in [1.807, 2.05) is 13.8 Å². The van der Waals surface area contributed by atoms with E-state index in [0.717, 1.165) is 38.9 Å². The highest BCUT2D eigenvalue weighted by atomic mass is 16.1. The maximum atomic E-state index is 11.6. The molecule has 1 aliphatic heterocycles. The third kappa shape index (κ3) is 5.93. The lowest BCUT2D eigenvalue weighted by Gasteiger charge is -2.29. The molecule has 5 heteroatoms. The van der Waals surface area contributed by atoms with Crippen LogP contribution in [-0.2, 0) is 4.79 Å². The summed E-state index contributed by atoms with van der Waals surface area (Å²) in [4.78, 5) is 16.6. The molecule has 0 spiro atoms. The zero-order valence-corrected chi connectivity index (χ0v) is 14.3. The molecule has 124 valence electrons. The number of unbranched alkanes of at least 4 members (excludes halogenated alkanes) is 1. The SMILES string of the molecule is CCNC(C)(CCCCN1CCCN(C)CC1C)C(N)=O. The standard InChI is InChI=1S/C16H34N4O/c1-5-18-16(3,15(17)21)9-6-7-11-20-12-8-10-19(4)13-14(20)2/h14,18H,5-13H2,1-4H3,(H2,17,21). The van der Waals surface area contributed by atoms with Crippen LogP contribution in [0.4, 0.5) is 0 Å². The molecule has 1 fully saturated rings. The van der Waals surface area contributed by atoms with Crippen LogP contribution >= 0.6 is 0 Å². The molecule has 1 rings (SSSR count). The van der Waals surface area contributed by atoms with Crippen molar-refractivity contribution >= 4 is 5.91 Å². The van der Waals surface area contributed by atoms with Gasteiger partial charge in [-0.15, -0.1) is 0 Å². The number of carbonyl (C=O) groups is 1. The Balaban J connectivity index is 2.33. The number of amides is 1. The monoisotopic (exact) mass is 298 g/mol. The third-order valence-corrected chi connectivity index (χ3v) is 4.67. The number of nitrogens with one attached hydrogen (secondary N) is 1. The molecule has 1 saturated heterocycles. The highest BCUT2D eigenvalue weighted by Crippen LogP contribution is 2.15. The second-order valence-corrected chi connectivity index (χ2v) is 6.68. The van der Waals surface area contributed by atoms with Crippen LogP contribution in [0.25, 0.3) is 0 Å². The molecular formula is C16H34N4O. The summed E-state index contributed by atoms with van der Waals surface area (Å²) in [5, 5.41) is 3.23. The zero-order chi connectivity index (χ0) is 15.9. The van der Waals surface area contributed by atoms with Gasteiger partial charge in [0.05, 0.1) is 5.54 Å². The smallest absolute Gasteiger partial charge is 0.237 e. The van der Waals surface area contributed by atoms with Crippen LogP contribution in [0.5, 0.6) is 0 Å². The quantitative estimate of drug-likeness (QED) is 0.657. The van der Waals surface area contributed by atoms with Gasteiger partial charge < -0.3 is 16.0 Å². The highest BCUT2D eigenvalue weighted by Gasteiger charge is 2.29. The molecule has 3 N–H and O–H groups in total. The van der Waals surface area contributed by atoms with Gasteiger partial charge in [-0.3, -0.25) is 9.69 Å². The van der Waals surface area contributed by atoms with Gasteiger partial charge in [-0.1, -0.05) is 6.92 Å². The van der Waals surface area contributed by atoms with E-state index in [-0.39, 0.29) is 5.91 Å². The Morgan fingerprint density at radius 3 is 2.71 bits per heavy atom. The summed E-state index contributed by atoms with van der Waals surface area (Å²) in [6.45, 7) is 11.7. The lowest BCUT2D eigenvalue weighted by molar-refractivity contribution is -0.124. The van der Waals surface area contributed by atoms with Crippen LogP contribution in [0.15, 0.2) is 0 Å². The van der Waals surface area contributed by atoms with Crippen molar-refractivity contribution in [2.45, 2.75) is 58.0 Å². The van der Waals surface area contributed by atoms with Crippen molar-refractivity contribution in [3.63, 3.8) is 0 Å². The predicted molar refractivity (Wildman–Crippen MR) is 88.3 cm³/mol. The van der Waals surface area contributed by atoms with Crippen LogP contribution in [0, 0.1) is 0 Å². The number of hydrogen-bond acceptors (Lipinski definition) is 4. The molecule has 0 aromatic carbocycles. The van der Waals surface area contributed by atoms with Crippen LogP contribution < -0.4 is 11.1 Å². The Kier molecular flexibility index (Phi) is 7.63. The number of rotatable bonds is 8. The Morgan fingerprint density at radius 1 is 1.38 bits per heavy atom. The van der Waals surface area contributed by atoms with Crippen LogP contribution in [0.2, 0.25) is 0 Å². The zero-order valence-electron chi connectivity index (χ0n) is 14.3. The molecule has 2 atom stereocenters. The van der Waals surface area contributed by atoms with E-state index in [1.54, 1.807) is 0 Å². The topological polar surface area (TPSA) is 61.6 Å². The summed E-state index contributed by atoms with van der Waals surface area (Å²) >= 11 is 0. The molecule has 0 bridgehead atoms. The summed E-state index contributed by atoms with van der Waals surface area (Å²) < 4.78 is 0. The Morgan fingerprint density at radius 2 is 2.10 bits per heavy atom. The molecular weight excluding hydrogens is 264 g/mol. The molecule has 0 radical (unpaired) electrons. The van der Waals surface area contributed by atoms with Gasteiger partial charge in [0.15, 0.2) is 0 Å². The molecule has 5 nitrogen and oxygen atoms in total. The maximum absolute atomic E-state index is 11.6. The summed E-state index contributed by atoms with van der Waals surface area (Å²) in [7, 11) is 2.20. The summed E-state index contributed by atoms with van der Waals surface area (Å²) in [5.41, 5.74) is 4.97. The molecule has 1 heterocycles. The number of nitrogens with two attached hydrogens (primary N) is 1. The fourth-order valence-corrected chi connectivity index (χ4v) is 3.24. The second-order valence-electron chi connectivity index (χ2n) is 6.68. The summed E-state index contributed by atoms with van der Waals surface area (Å²) in [6, 6.07) is 0.619. The Labute approximate surface area is 130 Å². The van der Waals surface area contributed by atoms with Crippen molar-refractivity contribution in [3.05, 3.63) is 0 Å². The first-order valence-electron chi connectivity index (χ1n) is 8.36. The van der Waals surface area contributed by atoms with Crippen molar-refractivity contribution in [1.82, 2.24) is 15.1 Å². The first kappa shape index (κ1) is 18.4. The fourth-order valence-electron chi connectivity index (χ4n) is 3.24. The largest absolute Gasteiger partial charge is 0.368 e. The number of nitrogens with zero attached hydrogens (tertiary/aromatic N) is 2. The van der Waals surface area contributed by atoms with E-state index in [9.17, 15) is 4.79 Å². The number of likely N-dealkylation sites (N-methyl/N-ethyl adjacent to an activating group) is 2. The first-order chi connectivity index (χ1) is 9.89. The minimum atomic E-state index is -0.556. The average Bonchev–Trinajstić information content (AvgIpc) is 2.56. The normalized spacial score (nSPS) is 24.5. The molecule has 2 unspecified atom stereocenters. The Hall–Kier alpha value is -0.650. The van der Waals surface area contributed by atoms with E-state index >= 15 is 0 Å². The van der Waals surface area contributed by atoms with Crippen molar-refractivity contribution < 1.29 is 4.79 Å². The predicted octanol–water partition coefficient (Wildman–Crippen LogP) is 1.04. The molecule has 1 aliphatic rings. The number of primary amides is 1. The van der Waals surface area contributed by atoms with Gasteiger partial charge in [0, 0.05) is 12.6 Å². The molecule has 0 saturated carbocycles. The molecule has 21 heavy (non-hydrogen) atoms. The van der Waals surface area contributed by atoms with Crippen LogP contribution in [-0.4, -0.2) is 67.1 Å². The third-order valence-electron chi connectivity index (χ3n) is 4.67. The van der Waals surface area contributed by atoms with E-state index in [4.69, 9.17) is 5.73 Å². The average molecular weight is 298 g/mol. The fraction of sp³-hybridized carbons (Fsp3) is 0.938. The van der Waals surface area contributed by atoms with Gasteiger partial charge in [0.25, 0.3) is 0 Å². The Bertz CT molecular complexity index is 323. The lowest BCUT2D eigenvalue weighted by Crippen LogP contribution is -2.53.